The number of carboxylic acid groups (broad SMARTS) is 1. The zero-order chi connectivity index (χ0) is 11.4. The summed E-state index contributed by atoms with van der Waals surface area (Å²) in [5.74, 6) is 4.02. The number of rotatable bonds is 4. The Morgan fingerprint density at radius 2 is 2.19 bits per heavy atom. The van der Waals surface area contributed by atoms with Crippen LogP contribution >= 0.6 is 11.8 Å². The molecule has 1 saturated heterocycles. The van der Waals surface area contributed by atoms with Gasteiger partial charge >= 0.3 is 5.97 Å². The summed E-state index contributed by atoms with van der Waals surface area (Å²) >= 11 is 1.99. The summed E-state index contributed by atoms with van der Waals surface area (Å²) in [4.78, 5) is 10.4. The first-order valence-corrected chi connectivity index (χ1v) is 6.79. The van der Waals surface area contributed by atoms with Crippen molar-refractivity contribution in [2.24, 2.45) is 0 Å². The molecule has 0 bridgehead atoms. The highest BCUT2D eigenvalue weighted by Crippen LogP contribution is 2.32. The van der Waals surface area contributed by atoms with Gasteiger partial charge in [0.25, 0.3) is 0 Å². The summed E-state index contributed by atoms with van der Waals surface area (Å²) in [6.07, 6.45) is 3.00. The predicted molar refractivity (Wildman–Crippen MR) is 64.0 cm³/mol. The maximum absolute atomic E-state index is 10.4. The summed E-state index contributed by atoms with van der Waals surface area (Å²) in [5, 5.41) is 8.59. The van der Waals surface area contributed by atoms with E-state index in [9.17, 15) is 4.79 Å². The number of thioether (sulfide) groups is 1. The molecule has 3 nitrogen and oxygen atoms in total. The van der Waals surface area contributed by atoms with Crippen LogP contribution in [-0.2, 0) is 11.2 Å². The summed E-state index contributed by atoms with van der Waals surface area (Å²) < 4.78 is 5.70. The Hall–Kier alpha value is -0.900. The molecular formula is C12H16O3S. The molecular weight excluding hydrogens is 224 g/mol. The summed E-state index contributed by atoms with van der Waals surface area (Å²) in [6, 6.07) is 3.93. The quantitative estimate of drug-likeness (QED) is 0.879. The highest BCUT2D eigenvalue weighted by Gasteiger charge is 2.19. The molecule has 0 aliphatic carbocycles. The van der Waals surface area contributed by atoms with Crippen LogP contribution in [0, 0.1) is 0 Å². The van der Waals surface area contributed by atoms with E-state index in [1.807, 2.05) is 23.9 Å². The lowest BCUT2D eigenvalue weighted by Crippen LogP contribution is -2.06. The molecule has 0 aromatic carbocycles. The van der Waals surface area contributed by atoms with Gasteiger partial charge in [-0.3, -0.25) is 4.79 Å². The molecule has 0 atom stereocenters. The second kappa shape index (κ2) is 5.43. The molecule has 1 fully saturated rings. The molecule has 0 saturated carbocycles. The second-order valence-electron chi connectivity index (χ2n) is 4.08. The largest absolute Gasteiger partial charge is 0.481 e. The SMILES string of the molecule is O=C(O)CCc1ccc(C2CCSCC2)o1. The minimum absolute atomic E-state index is 0.146. The minimum atomic E-state index is -0.771. The number of hydrogen-bond donors (Lipinski definition) is 1. The van der Waals surface area contributed by atoms with Gasteiger partial charge in [-0.05, 0) is 36.5 Å². The Balaban J connectivity index is 1.93. The molecule has 0 radical (unpaired) electrons. The van der Waals surface area contributed by atoms with E-state index in [1.165, 1.54) is 24.3 Å². The van der Waals surface area contributed by atoms with Crippen molar-refractivity contribution in [2.75, 3.05) is 11.5 Å². The zero-order valence-corrected chi connectivity index (χ0v) is 9.96. The van der Waals surface area contributed by atoms with Crippen molar-refractivity contribution >= 4 is 17.7 Å². The number of hydrogen-bond acceptors (Lipinski definition) is 3. The van der Waals surface area contributed by atoms with E-state index in [-0.39, 0.29) is 6.42 Å². The van der Waals surface area contributed by atoms with E-state index in [2.05, 4.69) is 0 Å². The fourth-order valence-corrected chi connectivity index (χ4v) is 3.07. The Morgan fingerprint density at radius 1 is 1.44 bits per heavy atom. The third-order valence-corrected chi connectivity index (χ3v) is 3.94. The molecule has 1 aliphatic heterocycles. The highest BCUT2D eigenvalue weighted by molar-refractivity contribution is 7.99. The van der Waals surface area contributed by atoms with Crippen LogP contribution in [0.2, 0.25) is 0 Å². The average Bonchev–Trinajstić information content (AvgIpc) is 2.76. The first-order valence-electron chi connectivity index (χ1n) is 5.64. The zero-order valence-electron chi connectivity index (χ0n) is 9.15. The van der Waals surface area contributed by atoms with E-state index < -0.39 is 5.97 Å². The molecule has 88 valence electrons. The molecule has 0 spiro atoms. The van der Waals surface area contributed by atoms with Gasteiger partial charge in [0.05, 0.1) is 6.42 Å². The fraction of sp³-hybridized carbons (Fsp3) is 0.583. The lowest BCUT2D eigenvalue weighted by atomic mass is 10.0. The molecule has 1 aromatic rings. The molecule has 0 amide bonds. The van der Waals surface area contributed by atoms with E-state index >= 15 is 0 Å². The van der Waals surface area contributed by atoms with Gasteiger partial charge in [-0.15, -0.1) is 0 Å². The molecule has 2 heterocycles. The molecule has 16 heavy (non-hydrogen) atoms. The highest BCUT2D eigenvalue weighted by atomic mass is 32.2. The Morgan fingerprint density at radius 3 is 2.88 bits per heavy atom. The van der Waals surface area contributed by atoms with Crippen LogP contribution in [0.15, 0.2) is 16.5 Å². The monoisotopic (exact) mass is 240 g/mol. The maximum atomic E-state index is 10.4. The Kier molecular flexibility index (Phi) is 3.93. The number of carbonyl (C=O) groups is 1. The first kappa shape index (κ1) is 11.6. The first-order chi connectivity index (χ1) is 7.75. The topological polar surface area (TPSA) is 50.4 Å². The van der Waals surface area contributed by atoms with Crippen LogP contribution < -0.4 is 0 Å². The van der Waals surface area contributed by atoms with Crippen molar-refractivity contribution in [1.29, 1.82) is 0 Å². The van der Waals surface area contributed by atoms with Gasteiger partial charge < -0.3 is 9.52 Å². The van der Waals surface area contributed by atoms with Gasteiger partial charge in [-0.2, -0.15) is 11.8 Å². The van der Waals surface area contributed by atoms with Crippen LogP contribution in [0.4, 0.5) is 0 Å². The maximum Gasteiger partial charge on any atom is 0.303 e. The summed E-state index contributed by atoms with van der Waals surface area (Å²) in [5.41, 5.74) is 0. The third-order valence-electron chi connectivity index (χ3n) is 2.89. The van der Waals surface area contributed by atoms with Crippen LogP contribution in [-0.4, -0.2) is 22.6 Å². The average molecular weight is 240 g/mol. The van der Waals surface area contributed by atoms with Gasteiger partial charge in [0.1, 0.15) is 11.5 Å². The van der Waals surface area contributed by atoms with Gasteiger partial charge in [0, 0.05) is 12.3 Å². The van der Waals surface area contributed by atoms with Crippen molar-refractivity contribution < 1.29 is 14.3 Å². The van der Waals surface area contributed by atoms with Crippen LogP contribution in [0.3, 0.4) is 0 Å². The number of aliphatic carboxylic acids is 1. The number of carboxylic acids is 1. The predicted octanol–water partition coefficient (Wildman–Crippen LogP) is 2.91. The van der Waals surface area contributed by atoms with Crippen LogP contribution in [0.5, 0.6) is 0 Å². The van der Waals surface area contributed by atoms with Crippen molar-refractivity contribution in [3.8, 4) is 0 Å². The molecule has 0 unspecified atom stereocenters. The summed E-state index contributed by atoms with van der Waals surface area (Å²) in [7, 11) is 0. The molecule has 1 N–H and O–H groups in total. The van der Waals surface area contributed by atoms with Gasteiger partial charge in [0.15, 0.2) is 0 Å². The molecule has 1 aromatic heterocycles. The fourth-order valence-electron chi connectivity index (χ4n) is 1.96. The standard InChI is InChI=1S/C12H16O3S/c13-12(14)4-2-10-1-3-11(15-10)9-5-7-16-8-6-9/h1,3,9H,2,4-8H2,(H,13,14). The lowest BCUT2D eigenvalue weighted by Gasteiger charge is -2.18. The van der Waals surface area contributed by atoms with Gasteiger partial charge in [0.2, 0.25) is 0 Å². The summed E-state index contributed by atoms with van der Waals surface area (Å²) in [6.45, 7) is 0. The second-order valence-corrected chi connectivity index (χ2v) is 5.31. The van der Waals surface area contributed by atoms with Crippen molar-refractivity contribution in [1.82, 2.24) is 0 Å². The number of aryl methyl sites for hydroxylation is 1. The van der Waals surface area contributed by atoms with Crippen molar-refractivity contribution in [3.63, 3.8) is 0 Å². The lowest BCUT2D eigenvalue weighted by molar-refractivity contribution is -0.137. The minimum Gasteiger partial charge on any atom is -0.481 e. The van der Waals surface area contributed by atoms with E-state index in [0.717, 1.165) is 11.5 Å². The smallest absolute Gasteiger partial charge is 0.303 e. The normalized spacial score (nSPS) is 17.5. The molecule has 1 aliphatic rings. The van der Waals surface area contributed by atoms with E-state index in [1.54, 1.807) is 0 Å². The van der Waals surface area contributed by atoms with Crippen molar-refractivity contribution in [3.05, 3.63) is 23.7 Å². The van der Waals surface area contributed by atoms with Crippen LogP contribution in [0.25, 0.3) is 0 Å². The Bertz CT molecular complexity index is 353. The van der Waals surface area contributed by atoms with E-state index in [4.69, 9.17) is 9.52 Å². The van der Waals surface area contributed by atoms with Gasteiger partial charge in [-0.1, -0.05) is 0 Å². The van der Waals surface area contributed by atoms with E-state index in [0.29, 0.717) is 12.3 Å². The third kappa shape index (κ3) is 3.04. The van der Waals surface area contributed by atoms with Crippen molar-refractivity contribution in [2.45, 2.75) is 31.6 Å². The van der Waals surface area contributed by atoms with Gasteiger partial charge in [-0.25, -0.2) is 0 Å². The van der Waals surface area contributed by atoms with Crippen LogP contribution in [0.1, 0.15) is 36.7 Å². The Labute approximate surface area is 99.2 Å². The molecule has 4 heteroatoms. The molecule has 2 rings (SSSR count). The number of furan rings is 1.